The van der Waals surface area contributed by atoms with E-state index in [1.165, 1.54) is 16.4 Å². The van der Waals surface area contributed by atoms with Gasteiger partial charge in [0.15, 0.2) is 0 Å². The SMILES string of the molecule is CC(C)(C)Nc1ccc(S(=O)(=O)N2CCOCC2)cc1[N+](=O)[O-]. The van der Waals surface area contributed by atoms with Crippen molar-refractivity contribution in [3.63, 3.8) is 0 Å². The van der Waals surface area contributed by atoms with Crippen LogP contribution >= 0.6 is 0 Å². The zero-order chi connectivity index (χ0) is 17.3. The number of anilines is 1. The molecule has 0 amide bonds. The van der Waals surface area contributed by atoms with Crippen LogP contribution in [0.15, 0.2) is 23.1 Å². The molecular weight excluding hydrogens is 322 g/mol. The number of nitrogens with one attached hydrogen (secondary N) is 1. The fourth-order valence-corrected chi connectivity index (χ4v) is 3.70. The van der Waals surface area contributed by atoms with Gasteiger partial charge in [-0.2, -0.15) is 4.31 Å². The van der Waals surface area contributed by atoms with Gasteiger partial charge >= 0.3 is 0 Å². The Morgan fingerprint density at radius 1 is 1.26 bits per heavy atom. The van der Waals surface area contributed by atoms with E-state index in [-0.39, 0.29) is 29.2 Å². The lowest BCUT2D eigenvalue weighted by Gasteiger charge is -2.26. The van der Waals surface area contributed by atoms with Crippen molar-refractivity contribution in [1.29, 1.82) is 0 Å². The summed E-state index contributed by atoms with van der Waals surface area (Å²) in [4.78, 5) is 10.6. The van der Waals surface area contributed by atoms with Gasteiger partial charge in [-0.05, 0) is 32.9 Å². The molecule has 1 N–H and O–H groups in total. The average molecular weight is 343 g/mol. The molecule has 1 aliphatic heterocycles. The quantitative estimate of drug-likeness (QED) is 0.661. The molecule has 1 fully saturated rings. The fourth-order valence-electron chi connectivity index (χ4n) is 2.27. The molecule has 0 spiro atoms. The standard InChI is InChI=1S/C14H21N3O5S/c1-14(2,3)15-12-5-4-11(10-13(12)17(18)19)23(20,21)16-6-8-22-9-7-16/h4-5,10,15H,6-9H2,1-3H3. The first-order valence-corrected chi connectivity index (χ1v) is 8.70. The van der Waals surface area contributed by atoms with Gasteiger partial charge in [0.05, 0.1) is 23.0 Å². The van der Waals surface area contributed by atoms with Crippen LogP contribution in [0.25, 0.3) is 0 Å². The largest absolute Gasteiger partial charge is 0.379 e. The second-order valence-electron chi connectivity index (χ2n) is 6.33. The van der Waals surface area contributed by atoms with E-state index in [1.807, 2.05) is 20.8 Å². The minimum atomic E-state index is -3.76. The molecule has 0 aliphatic carbocycles. The topological polar surface area (TPSA) is 102 Å². The van der Waals surface area contributed by atoms with Crippen molar-refractivity contribution in [3.05, 3.63) is 28.3 Å². The molecule has 0 atom stereocenters. The van der Waals surface area contributed by atoms with E-state index < -0.39 is 14.9 Å². The first kappa shape index (κ1) is 17.6. The van der Waals surface area contributed by atoms with Crippen LogP contribution in [0, 0.1) is 10.1 Å². The smallest absolute Gasteiger partial charge is 0.293 e. The van der Waals surface area contributed by atoms with Crippen LogP contribution < -0.4 is 5.32 Å². The predicted octanol–water partition coefficient (Wildman–Crippen LogP) is 1.83. The van der Waals surface area contributed by atoms with E-state index in [4.69, 9.17) is 4.74 Å². The summed E-state index contributed by atoms with van der Waals surface area (Å²) in [7, 11) is -3.76. The molecule has 0 unspecified atom stereocenters. The van der Waals surface area contributed by atoms with Gasteiger partial charge in [0.1, 0.15) is 5.69 Å². The molecule has 1 aromatic rings. The zero-order valence-corrected chi connectivity index (χ0v) is 14.2. The number of nitrogens with zero attached hydrogens (tertiary/aromatic N) is 2. The summed E-state index contributed by atoms with van der Waals surface area (Å²) >= 11 is 0. The number of rotatable bonds is 4. The molecule has 8 nitrogen and oxygen atoms in total. The van der Waals surface area contributed by atoms with E-state index in [2.05, 4.69) is 5.32 Å². The van der Waals surface area contributed by atoms with Crippen molar-refractivity contribution in [2.45, 2.75) is 31.2 Å². The van der Waals surface area contributed by atoms with Gasteiger partial charge in [-0.25, -0.2) is 8.42 Å². The maximum absolute atomic E-state index is 12.6. The molecule has 128 valence electrons. The van der Waals surface area contributed by atoms with Crippen LogP contribution in [0.1, 0.15) is 20.8 Å². The highest BCUT2D eigenvalue weighted by atomic mass is 32.2. The maximum atomic E-state index is 12.6. The third-order valence-electron chi connectivity index (χ3n) is 3.28. The normalized spacial score (nSPS) is 17.0. The van der Waals surface area contributed by atoms with Crippen molar-refractivity contribution in [3.8, 4) is 0 Å². The van der Waals surface area contributed by atoms with Crippen LogP contribution in [0.3, 0.4) is 0 Å². The molecule has 9 heteroatoms. The van der Waals surface area contributed by atoms with E-state index in [0.29, 0.717) is 18.9 Å². The number of ether oxygens (including phenoxy) is 1. The number of nitro groups is 1. The molecule has 23 heavy (non-hydrogen) atoms. The monoisotopic (exact) mass is 343 g/mol. The maximum Gasteiger partial charge on any atom is 0.293 e. The van der Waals surface area contributed by atoms with E-state index in [0.717, 1.165) is 6.07 Å². The van der Waals surface area contributed by atoms with Crippen LogP contribution in [-0.4, -0.2) is 49.5 Å². The van der Waals surface area contributed by atoms with Crippen LogP contribution in [-0.2, 0) is 14.8 Å². The number of hydrogen-bond acceptors (Lipinski definition) is 6. The second kappa shape index (κ2) is 6.42. The van der Waals surface area contributed by atoms with Crippen molar-refractivity contribution < 1.29 is 18.1 Å². The summed E-state index contributed by atoms with van der Waals surface area (Å²) in [5.74, 6) is 0. The molecule has 0 aromatic heterocycles. The highest BCUT2D eigenvalue weighted by Crippen LogP contribution is 2.31. The van der Waals surface area contributed by atoms with Crippen LogP contribution in [0.5, 0.6) is 0 Å². The van der Waals surface area contributed by atoms with Gasteiger partial charge in [0, 0.05) is 24.7 Å². The first-order chi connectivity index (χ1) is 10.6. The molecule has 1 saturated heterocycles. The minimum absolute atomic E-state index is 0.0782. The summed E-state index contributed by atoms with van der Waals surface area (Å²) in [6, 6.07) is 3.95. The van der Waals surface area contributed by atoms with Gasteiger partial charge in [-0.15, -0.1) is 0 Å². The van der Waals surface area contributed by atoms with Gasteiger partial charge < -0.3 is 10.1 Å². The molecule has 0 bridgehead atoms. The van der Waals surface area contributed by atoms with Crippen molar-refractivity contribution >= 4 is 21.4 Å². The molecule has 1 aliphatic rings. The van der Waals surface area contributed by atoms with Gasteiger partial charge in [-0.1, -0.05) is 0 Å². The van der Waals surface area contributed by atoms with E-state index in [1.54, 1.807) is 0 Å². The number of benzene rings is 1. The van der Waals surface area contributed by atoms with Gasteiger partial charge in [-0.3, -0.25) is 10.1 Å². The Morgan fingerprint density at radius 3 is 2.39 bits per heavy atom. The van der Waals surface area contributed by atoms with E-state index in [9.17, 15) is 18.5 Å². The lowest BCUT2D eigenvalue weighted by Crippen LogP contribution is -2.40. The third-order valence-corrected chi connectivity index (χ3v) is 5.18. The Hall–Kier alpha value is -1.71. The Balaban J connectivity index is 2.41. The molecule has 1 heterocycles. The van der Waals surface area contributed by atoms with Gasteiger partial charge in [0.2, 0.25) is 10.0 Å². The molecule has 2 rings (SSSR count). The summed E-state index contributed by atoms with van der Waals surface area (Å²) in [5, 5.41) is 14.3. The highest BCUT2D eigenvalue weighted by Gasteiger charge is 2.29. The second-order valence-corrected chi connectivity index (χ2v) is 8.27. The molecule has 0 saturated carbocycles. The first-order valence-electron chi connectivity index (χ1n) is 7.26. The molecular formula is C14H21N3O5S. The lowest BCUT2D eigenvalue weighted by atomic mass is 10.1. The third kappa shape index (κ3) is 4.18. The number of nitro benzene ring substituents is 1. The molecule has 0 radical (unpaired) electrons. The summed E-state index contributed by atoms with van der Waals surface area (Å²) in [6.07, 6.45) is 0. The number of morpholine rings is 1. The fraction of sp³-hybridized carbons (Fsp3) is 0.571. The van der Waals surface area contributed by atoms with Crippen molar-refractivity contribution in [1.82, 2.24) is 4.31 Å². The van der Waals surface area contributed by atoms with Crippen molar-refractivity contribution in [2.24, 2.45) is 0 Å². The van der Waals surface area contributed by atoms with Crippen LogP contribution in [0.4, 0.5) is 11.4 Å². The Kier molecular flexibility index (Phi) is 4.92. The van der Waals surface area contributed by atoms with Crippen molar-refractivity contribution in [2.75, 3.05) is 31.6 Å². The van der Waals surface area contributed by atoms with Crippen LogP contribution in [0.2, 0.25) is 0 Å². The number of hydrogen-bond donors (Lipinski definition) is 1. The van der Waals surface area contributed by atoms with Gasteiger partial charge in [0.25, 0.3) is 5.69 Å². The summed E-state index contributed by atoms with van der Waals surface area (Å²) in [6.45, 7) is 6.76. The Morgan fingerprint density at radius 2 is 1.87 bits per heavy atom. The summed E-state index contributed by atoms with van der Waals surface area (Å²) in [5.41, 5.74) is -0.340. The predicted molar refractivity (Wildman–Crippen MR) is 86.0 cm³/mol. The Bertz CT molecular complexity index is 691. The lowest BCUT2D eigenvalue weighted by molar-refractivity contribution is -0.384. The zero-order valence-electron chi connectivity index (χ0n) is 13.4. The average Bonchev–Trinajstić information content (AvgIpc) is 2.46. The number of sulfonamides is 1. The van der Waals surface area contributed by atoms with E-state index >= 15 is 0 Å². The minimum Gasteiger partial charge on any atom is -0.379 e. The highest BCUT2D eigenvalue weighted by molar-refractivity contribution is 7.89. The molecule has 1 aromatic carbocycles. The summed E-state index contributed by atoms with van der Waals surface area (Å²) < 4.78 is 31.6. The Labute approximate surface area is 135 Å².